The normalized spacial score (nSPS) is 33.6. The molecule has 0 amide bonds. The molecule has 84 valence electrons. The molecule has 0 heterocycles. The number of rotatable bonds is 2. The molecule has 2 fully saturated rings. The van der Waals surface area contributed by atoms with Gasteiger partial charge in [-0.25, -0.2) is 0 Å². The monoisotopic (exact) mass is 208 g/mol. The molecule has 0 aromatic rings. The van der Waals surface area contributed by atoms with Gasteiger partial charge in [-0.05, 0) is 37.0 Å². The summed E-state index contributed by atoms with van der Waals surface area (Å²) >= 11 is 0. The van der Waals surface area contributed by atoms with Crippen LogP contribution in [0.3, 0.4) is 0 Å². The highest BCUT2D eigenvalue weighted by molar-refractivity contribution is 5.76. The van der Waals surface area contributed by atoms with Gasteiger partial charge in [0.1, 0.15) is 0 Å². The van der Waals surface area contributed by atoms with Gasteiger partial charge in [0.15, 0.2) is 0 Å². The predicted molar refractivity (Wildman–Crippen MR) is 59.6 cm³/mol. The molecule has 0 aromatic heterocycles. The van der Waals surface area contributed by atoms with Crippen molar-refractivity contribution >= 4 is 5.97 Å². The summed E-state index contributed by atoms with van der Waals surface area (Å²) in [5.74, 6) is -0.493. The SMILES string of the molecule is CC1(C)C(C=C2CCCCC2)C1C(=O)O. The maximum Gasteiger partial charge on any atom is 0.307 e. The largest absolute Gasteiger partial charge is 0.481 e. The van der Waals surface area contributed by atoms with Gasteiger partial charge in [0.25, 0.3) is 0 Å². The molecule has 0 aliphatic heterocycles. The number of carboxylic acids is 1. The zero-order valence-corrected chi connectivity index (χ0v) is 9.62. The van der Waals surface area contributed by atoms with Gasteiger partial charge in [-0.2, -0.15) is 0 Å². The minimum Gasteiger partial charge on any atom is -0.481 e. The van der Waals surface area contributed by atoms with E-state index >= 15 is 0 Å². The molecule has 0 spiro atoms. The third-order valence-electron chi connectivity index (χ3n) is 4.09. The molecule has 2 atom stereocenters. The Morgan fingerprint density at radius 1 is 1.33 bits per heavy atom. The Kier molecular flexibility index (Phi) is 2.61. The van der Waals surface area contributed by atoms with Crippen molar-refractivity contribution in [2.24, 2.45) is 17.3 Å². The molecule has 2 saturated carbocycles. The summed E-state index contributed by atoms with van der Waals surface area (Å²) in [5, 5.41) is 9.06. The zero-order valence-electron chi connectivity index (χ0n) is 9.62. The molecule has 1 N–H and O–H groups in total. The zero-order chi connectivity index (χ0) is 11.1. The Bertz CT molecular complexity index is 294. The average molecular weight is 208 g/mol. The summed E-state index contributed by atoms with van der Waals surface area (Å²) in [4.78, 5) is 11.0. The highest BCUT2D eigenvalue weighted by Gasteiger charge is 2.60. The number of allylic oxidation sites excluding steroid dienone is 2. The van der Waals surface area contributed by atoms with Crippen LogP contribution in [0.15, 0.2) is 11.6 Å². The molecule has 0 aromatic carbocycles. The molecule has 2 rings (SSSR count). The van der Waals surface area contributed by atoms with Crippen molar-refractivity contribution in [1.29, 1.82) is 0 Å². The van der Waals surface area contributed by atoms with Crippen molar-refractivity contribution in [3.8, 4) is 0 Å². The van der Waals surface area contributed by atoms with Crippen LogP contribution in [-0.4, -0.2) is 11.1 Å². The molecular formula is C13H20O2. The fraction of sp³-hybridized carbons (Fsp3) is 0.769. The van der Waals surface area contributed by atoms with Crippen LogP contribution >= 0.6 is 0 Å². The second-order valence-electron chi connectivity index (χ2n) is 5.55. The molecular weight excluding hydrogens is 188 g/mol. The molecule has 2 aliphatic carbocycles. The van der Waals surface area contributed by atoms with Gasteiger partial charge >= 0.3 is 5.97 Å². The minimum atomic E-state index is -0.627. The molecule has 0 bridgehead atoms. The molecule has 2 heteroatoms. The molecule has 0 saturated heterocycles. The molecule has 2 unspecified atom stereocenters. The lowest BCUT2D eigenvalue weighted by atomic mass is 9.93. The smallest absolute Gasteiger partial charge is 0.307 e. The van der Waals surface area contributed by atoms with Gasteiger partial charge < -0.3 is 5.11 Å². The Morgan fingerprint density at radius 3 is 2.40 bits per heavy atom. The number of aliphatic carboxylic acids is 1. The van der Waals surface area contributed by atoms with Crippen LogP contribution in [0, 0.1) is 17.3 Å². The second-order valence-corrected chi connectivity index (χ2v) is 5.55. The highest BCUT2D eigenvalue weighted by atomic mass is 16.4. The first-order chi connectivity index (χ1) is 7.03. The number of carbonyl (C=O) groups is 1. The van der Waals surface area contributed by atoms with E-state index in [2.05, 4.69) is 19.9 Å². The summed E-state index contributed by atoms with van der Waals surface area (Å²) in [6.07, 6.45) is 8.57. The van der Waals surface area contributed by atoms with Crippen LogP contribution in [0.4, 0.5) is 0 Å². The van der Waals surface area contributed by atoms with Gasteiger partial charge in [0.2, 0.25) is 0 Å². The highest BCUT2D eigenvalue weighted by Crippen LogP contribution is 2.59. The summed E-state index contributed by atoms with van der Waals surface area (Å²) in [5.41, 5.74) is 1.49. The van der Waals surface area contributed by atoms with Crippen LogP contribution in [0.1, 0.15) is 46.0 Å². The standard InChI is InChI=1S/C13H20O2/c1-13(2)10(11(13)12(14)15)8-9-6-4-3-5-7-9/h8,10-11H,3-7H2,1-2H3,(H,14,15). The lowest BCUT2D eigenvalue weighted by Crippen LogP contribution is -2.03. The van der Waals surface area contributed by atoms with E-state index < -0.39 is 5.97 Å². The fourth-order valence-electron chi connectivity index (χ4n) is 2.89. The van der Waals surface area contributed by atoms with Crippen molar-refractivity contribution in [1.82, 2.24) is 0 Å². The lowest BCUT2D eigenvalue weighted by Gasteiger charge is -2.13. The maximum absolute atomic E-state index is 11.0. The third kappa shape index (κ3) is 1.95. The van der Waals surface area contributed by atoms with Crippen molar-refractivity contribution in [2.75, 3.05) is 0 Å². The van der Waals surface area contributed by atoms with E-state index in [0.29, 0.717) is 0 Å². The average Bonchev–Trinajstić information content (AvgIpc) is 2.70. The topological polar surface area (TPSA) is 37.3 Å². The van der Waals surface area contributed by atoms with E-state index in [1.54, 1.807) is 0 Å². The number of carboxylic acid groups (broad SMARTS) is 1. The molecule has 2 aliphatic rings. The first-order valence-electron chi connectivity index (χ1n) is 5.96. The van der Waals surface area contributed by atoms with Crippen LogP contribution in [-0.2, 0) is 4.79 Å². The van der Waals surface area contributed by atoms with E-state index in [0.717, 1.165) is 0 Å². The van der Waals surface area contributed by atoms with Crippen LogP contribution in [0.2, 0.25) is 0 Å². The first kappa shape index (κ1) is 10.7. The number of hydrogen-bond donors (Lipinski definition) is 1. The molecule has 2 nitrogen and oxygen atoms in total. The van der Waals surface area contributed by atoms with Crippen molar-refractivity contribution in [3.63, 3.8) is 0 Å². The van der Waals surface area contributed by atoms with Crippen molar-refractivity contribution in [2.45, 2.75) is 46.0 Å². The summed E-state index contributed by atoms with van der Waals surface area (Å²) < 4.78 is 0. The van der Waals surface area contributed by atoms with Crippen LogP contribution in [0.25, 0.3) is 0 Å². The van der Waals surface area contributed by atoms with Gasteiger partial charge in [0, 0.05) is 0 Å². The lowest BCUT2D eigenvalue weighted by molar-refractivity contribution is -0.139. The van der Waals surface area contributed by atoms with Gasteiger partial charge in [-0.3, -0.25) is 4.79 Å². The summed E-state index contributed by atoms with van der Waals surface area (Å²) in [6.45, 7) is 4.13. The minimum absolute atomic E-state index is 0.0176. The van der Waals surface area contributed by atoms with E-state index in [9.17, 15) is 4.79 Å². The summed E-state index contributed by atoms with van der Waals surface area (Å²) in [6, 6.07) is 0. The van der Waals surface area contributed by atoms with Gasteiger partial charge in [0.05, 0.1) is 5.92 Å². The van der Waals surface area contributed by atoms with E-state index in [1.807, 2.05) is 0 Å². The Balaban J connectivity index is 2.04. The number of hydrogen-bond acceptors (Lipinski definition) is 1. The third-order valence-corrected chi connectivity index (χ3v) is 4.09. The first-order valence-corrected chi connectivity index (χ1v) is 5.96. The van der Waals surface area contributed by atoms with Gasteiger partial charge in [-0.1, -0.05) is 31.9 Å². The second kappa shape index (κ2) is 3.66. The van der Waals surface area contributed by atoms with Crippen LogP contribution < -0.4 is 0 Å². The van der Waals surface area contributed by atoms with Crippen molar-refractivity contribution in [3.05, 3.63) is 11.6 Å². The Morgan fingerprint density at radius 2 is 1.93 bits per heavy atom. The Hall–Kier alpha value is -0.790. The van der Waals surface area contributed by atoms with Gasteiger partial charge in [-0.15, -0.1) is 0 Å². The molecule has 15 heavy (non-hydrogen) atoms. The van der Waals surface area contributed by atoms with E-state index in [4.69, 9.17) is 5.11 Å². The Labute approximate surface area is 91.4 Å². The quantitative estimate of drug-likeness (QED) is 0.707. The predicted octanol–water partition coefficient (Wildman–Crippen LogP) is 3.23. The summed E-state index contributed by atoms with van der Waals surface area (Å²) in [7, 11) is 0. The maximum atomic E-state index is 11.0. The van der Waals surface area contributed by atoms with Crippen LogP contribution in [0.5, 0.6) is 0 Å². The van der Waals surface area contributed by atoms with E-state index in [1.165, 1.54) is 37.7 Å². The fourth-order valence-corrected chi connectivity index (χ4v) is 2.89. The van der Waals surface area contributed by atoms with E-state index in [-0.39, 0.29) is 17.3 Å². The molecule has 0 radical (unpaired) electrons. The van der Waals surface area contributed by atoms with Crippen molar-refractivity contribution < 1.29 is 9.90 Å².